The molecule has 2 N–H and O–H groups in total. The number of benzene rings is 2. The molecule has 28 heavy (non-hydrogen) atoms. The molecule has 0 radical (unpaired) electrons. The van der Waals surface area contributed by atoms with E-state index in [0.29, 0.717) is 29.2 Å². The molecule has 0 aliphatic rings. The number of pyridine rings is 1. The molecule has 142 valence electrons. The van der Waals surface area contributed by atoms with Crippen LogP contribution in [0.1, 0.15) is 27.8 Å². The smallest absolute Gasteiger partial charge is 0.338 e. The highest BCUT2D eigenvalue weighted by molar-refractivity contribution is 6.03. The standard InChI is InChI=1S/C21H18FN3O3/c1-2-28-21(27)14-3-7-17(8-4-14)25-20(26)19-13-18(11-12-23-19)24-16-9-5-15(22)6-10-16/h3-13H,2H2,1H3,(H,23,24)(H,25,26). The minimum atomic E-state index is -0.415. The number of anilines is 3. The van der Waals surface area contributed by atoms with E-state index >= 15 is 0 Å². The van der Waals surface area contributed by atoms with Crippen molar-refractivity contribution < 1.29 is 18.7 Å². The number of ether oxygens (including phenoxy) is 1. The minimum absolute atomic E-state index is 0.210. The van der Waals surface area contributed by atoms with E-state index < -0.39 is 11.9 Å². The molecule has 0 bridgehead atoms. The van der Waals surface area contributed by atoms with Gasteiger partial charge in [0.15, 0.2) is 0 Å². The molecular formula is C21H18FN3O3. The lowest BCUT2D eigenvalue weighted by molar-refractivity contribution is 0.0526. The minimum Gasteiger partial charge on any atom is -0.462 e. The second kappa shape index (κ2) is 8.77. The largest absolute Gasteiger partial charge is 0.462 e. The highest BCUT2D eigenvalue weighted by atomic mass is 19.1. The number of carbonyl (C=O) groups excluding carboxylic acids is 2. The number of rotatable bonds is 6. The third-order valence-electron chi connectivity index (χ3n) is 3.78. The maximum absolute atomic E-state index is 13.0. The molecule has 0 aliphatic heterocycles. The van der Waals surface area contributed by atoms with Gasteiger partial charge in [-0.2, -0.15) is 0 Å². The lowest BCUT2D eigenvalue weighted by Crippen LogP contribution is -2.14. The summed E-state index contributed by atoms with van der Waals surface area (Å²) < 4.78 is 17.9. The third kappa shape index (κ3) is 4.91. The lowest BCUT2D eigenvalue weighted by atomic mass is 10.2. The topological polar surface area (TPSA) is 80.3 Å². The van der Waals surface area contributed by atoms with E-state index in [9.17, 15) is 14.0 Å². The van der Waals surface area contributed by atoms with Gasteiger partial charge in [0.25, 0.3) is 5.91 Å². The average Bonchev–Trinajstić information content (AvgIpc) is 2.71. The molecule has 1 aromatic heterocycles. The Kier molecular flexibility index (Phi) is 5.96. The van der Waals surface area contributed by atoms with E-state index in [-0.39, 0.29) is 11.5 Å². The molecule has 0 atom stereocenters. The Hall–Kier alpha value is -3.74. The van der Waals surface area contributed by atoms with Crippen LogP contribution in [0.25, 0.3) is 0 Å². The van der Waals surface area contributed by atoms with Gasteiger partial charge in [-0.3, -0.25) is 9.78 Å². The van der Waals surface area contributed by atoms with Crippen LogP contribution in [0, 0.1) is 5.82 Å². The highest BCUT2D eigenvalue weighted by Gasteiger charge is 2.10. The predicted octanol–water partition coefficient (Wildman–Crippen LogP) is 4.39. The van der Waals surface area contributed by atoms with Crippen molar-refractivity contribution in [2.45, 2.75) is 6.92 Å². The summed E-state index contributed by atoms with van der Waals surface area (Å²) in [5.74, 6) is -1.14. The van der Waals surface area contributed by atoms with E-state index in [1.807, 2.05) is 0 Å². The summed E-state index contributed by atoms with van der Waals surface area (Å²) in [4.78, 5) is 28.2. The number of carbonyl (C=O) groups is 2. The van der Waals surface area contributed by atoms with Gasteiger partial charge in [-0.15, -0.1) is 0 Å². The van der Waals surface area contributed by atoms with E-state index in [0.717, 1.165) is 0 Å². The molecule has 0 spiro atoms. The van der Waals surface area contributed by atoms with Gasteiger partial charge in [0.05, 0.1) is 12.2 Å². The van der Waals surface area contributed by atoms with Crippen LogP contribution in [-0.4, -0.2) is 23.5 Å². The first-order valence-corrected chi connectivity index (χ1v) is 8.62. The Balaban J connectivity index is 1.67. The summed E-state index contributed by atoms with van der Waals surface area (Å²) in [6.07, 6.45) is 1.50. The van der Waals surface area contributed by atoms with Gasteiger partial charge in [0.1, 0.15) is 11.5 Å². The zero-order valence-corrected chi connectivity index (χ0v) is 15.1. The second-order valence-corrected chi connectivity index (χ2v) is 5.81. The molecule has 0 fully saturated rings. The van der Waals surface area contributed by atoms with Gasteiger partial charge in [-0.1, -0.05) is 0 Å². The first-order valence-electron chi connectivity index (χ1n) is 8.62. The summed E-state index contributed by atoms with van der Waals surface area (Å²) in [5, 5.41) is 5.81. The van der Waals surface area contributed by atoms with Gasteiger partial charge in [-0.25, -0.2) is 9.18 Å². The Labute approximate surface area is 161 Å². The summed E-state index contributed by atoms with van der Waals surface area (Å²) in [6.45, 7) is 2.03. The molecule has 0 aliphatic carbocycles. The van der Waals surface area contributed by atoms with Crippen molar-refractivity contribution in [1.82, 2.24) is 4.98 Å². The van der Waals surface area contributed by atoms with Crippen LogP contribution in [0.15, 0.2) is 66.9 Å². The van der Waals surface area contributed by atoms with Crippen LogP contribution in [0.3, 0.4) is 0 Å². The third-order valence-corrected chi connectivity index (χ3v) is 3.78. The number of halogens is 1. The summed E-state index contributed by atoms with van der Waals surface area (Å²) in [5.41, 5.74) is 2.47. The number of amides is 1. The van der Waals surface area contributed by atoms with E-state index in [1.54, 1.807) is 55.5 Å². The maximum atomic E-state index is 13.0. The van der Waals surface area contributed by atoms with Crippen molar-refractivity contribution in [2.24, 2.45) is 0 Å². The number of esters is 1. The predicted molar refractivity (Wildman–Crippen MR) is 104 cm³/mol. The molecule has 0 saturated heterocycles. The number of aromatic nitrogens is 1. The molecule has 6 nitrogen and oxygen atoms in total. The quantitative estimate of drug-likeness (QED) is 0.621. The van der Waals surface area contributed by atoms with Crippen LogP contribution < -0.4 is 10.6 Å². The van der Waals surface area contributed by atoms with Crippen molar-refractivity contribution in [3.8, 4) is 0 Å². The molecule has 1 heterocycles. The highest BCUT2D eigenvalue weighted by Crippen LogP contribution is 2.18. The van der Waals surface area contributed by atoms with Crippen LogP contribution in [0.2, 0.25) is 0 Å². The van der Waals surface area contributed by atoms with E-state index in [2.05, 4.69) is 15.6 Å². The fourth-order valence-electron chi connectivity index (χ4n) is 2.43. The molecule has 0 unspecified atom stereocenters. The van der Waals surface area contributed by atoms with Crippen molar-refractivity contribution in [3.05, 3.63) is 83.9 Å². The first-order chi connectivity index (χ1) is 13.5. The Bertz CT molecular complexity index is 973. The van der Waals surface area contributed by atoms with Gasteiger partial charge in [0.2, 0.25) is 0 Å². The first kappa shape index (κ1) is 19.0. The summed E-state index contributed by atoms with van der Waals surface area (Å²) in [6, 6.07) is 15.6. The van der Waals surface area contributed by atoms with Crippen LogP contribution >= 0.6 is 0 Å². The van der Waals surface area contributed by atoms with Crippen molar-refractivity contribution in [2.75, 3.05) is 17.2 Å². The Morgan fingerprint density at radius 2 is 1.64 bits per heavy atom. The molecule has 3 aromatic rings. The zero-order chi connectivity index (χ0) is 19.9. The molecule has 3 rings (SSSR count). The fraction of sp³-hybridized carbons (Fsp3) is 0.0952. The average molecular weight is 379 g/mol. The molecule has 7 heteroatoms. The summed E-state index contributed by atoms with van der Waals surface area (Å²) in [7, 11) is 0. The SMILES string of the molecule is CCOC(=O)c1ccc(NC(=O)c2cc(Nc3ccc(F)cc3)ccn2)cc1. The monoisotopic (exact) mass is 379 g/mol. The summed E-state index contributed by atoms with van der Waals surface area (Å²) >= 11 is 0. The lowest BCUT2D eigenvalue weighted by Gasteiger charge is -2.09. The molecular weight excluding hydrogens is 361 g/mol. The molecule has 0 saturated carbocycles. The second-order valence-electron chi connectivity index (χ2n) is 5.81. The Morgan fingerprint density at radius 1 is 0.964 bits per heavy atom. The number of hydrogen-bond acceptors (Lipinski definition) is 5. The van der Waals surface area contributed by atoms with Gasteiger partial charge in [-0.05, 0) is 67.6 Å². The van der Waals surface area contributed by atoms with Crippen molar-refractivity contribution in [3.63, 3.8) is 0 Å². The van der Waals surface area contributed by atoms with E-state index in [4.69, 9.17) is 4.74 Å². The maximum Gasteiger partial charge on any atom is 0.338 e. The fourth-order valence-corrected chi connectivity index (χ4v) is 2.43. The van der Waals surface area contributed by atoms with Gasteiger partial charge >= 0.3 is 5.97 Å². The van der Waals surface area contributed by atoms with Crippen molar-refractivity contribution >= 4 is 28.9 Å². The zero-order valence-electron chi connectivity index (χ0n) is 15.1. The van der Waals surface area contributed by atoms with Gasteiger partial charge in [0, 0.05) is 23.3 Å². The van der Waals surface area contributed by atoms with E-state index in [1.165, 1.54) is 18.3 Å². The van der Waals surface area contributed by atoms with Gasteiger partial charge < -0.3 is 15.4 Å². The Morgan fingerprint density at radius 3 is 2.32 bits per heavy atom. The van der Waals surface area contributed by atoms with Crippen molar-refractivity contribution in [1.29, 1.82) is 0 Å². The molecule has 2 aromatic carbocycles. The normalized spacial score (nSPS) is 10.2. The van der Waals surface area contributed by atoms with Crippen LogP contribution in [-0.2, 0) is 4.74 Å². The van der Waals surface area contributed by atoms with Crippen LogP contribution in [0.4, 0.5) is 21.5 Å². The number of nitrogens with zero attached hydrogens (tertiary/aromatic N) is 1. The van der Waals surface area contributed by atoms with Crippen LogP contribution in [0.5, 0.6) is 0 Å². The number of nitrogens with one attached hydrogen (secondary N) is 2. The molecule has 1 amide bonds. The number of hydrogen-bond donors (Lipinski definition) is 2.